The van der Waals surface area contributed by atoms with Crippen molar-refractivity contribution >= 4 is 5.91 Å². The Kier molecular flexibility index (Phi) is 7.40. The molecule has 3 aliphatic heterocycles. The third-order valence-electron chi connectivity index (χ3n) is 10.1. The Balaban J connectivity index is 1.27. The summed E-state index contributed by atoms with van der Waals surface area (Å²) in [4.78, 5) is 17.8. The Hall–Kier alpha value is -0.940. The maximum atomic E-state index is 14.3. The smallest absolute Gasteiger partial charge is 0.339 e. The van der Waals surface area contributed by atoms with Crippen LogP contribution in [-0.4, -0.2) is 66.9 Å². The van der Waals surface area contributed by atoms with E-state index in [4.69, 9.17) is 0 Å². The van der Waals surface area contributed by atoms with Crippen LogP contribution in [0.4, 0.5) is 13.2 Å². The molecule has 3 saturated heterocycles. The van der Waals surface area contributed by atoms with Crippen LogP contribution in [0.25, 0.3) is 0 Å². The van der Waals surface area contributed by atoms with E-state index in [1.807, 2.05) is 11.8 Å². The molecule has 9 unspecified atom stereocenters. The van der Waals surface area contributed by atoms with Gasteiger partial charge in [-0.3, -0.25) is 20.5 Å². The lowest BCUT2D eigenvalue weighted by atomic mass is 9.64. The van der Waals surface area contributed by atoms with Gasteiger partial charge in [0.1, 0.15) is 0 Å². The fourth-order valence-corrected chi connectivity index (χ4v) is 7.99. The Labute approximate surface area is 207 Å². The Morgan fingerprint density at radius 1 is 1.09 bits per heavy atom. The van der Waals surface area contributed by atoms with Crippen molar-refractivity contribution < 1.29 is 18.0 Å². The second-order valence-electron chi connectivity index (χ2n) is 12.2. The van der Waals surface area contributed by atoms with Crippen molar-refractivity contribution in [3.63, 3.8) is 0 Å². The van der Waals surface area contributed by atoms with E-state index >= 15 is 0 Å². The van der Waals surface area contributed by atoms with Crippen molar-refractivity contribution in [3.05, 3.63) is 0 Å². The van der Waals surface area contributed by atoms with Crippen LogP contribution in [-0.2, 0) is 4.79 Å². The second-order valence-corrected chi connectivity index (χ2v) is 12.2. The molecule has 7 nitrogen and oxygen atoms in total. The van der Waals surface area contributed by atoms with E-state index in [2.05, 4.69) is 40.6 Å². The molecule has 2 aliphatic carbocycles. The molecule has 3 heterocycles. The molecule has 10 heteroatoms. The number of nitrogens with zero attached hydrogens (tertiary/aromatic N) is 2. The van der Waals surface area contributed by atoms with Crippen molar-refractivity contribution in [2.24, 2.45) is 41.4 Å². The standard InChI is InChI=1S/C25H43F3N6O/c1-14(7-23-32-30-13-33(23)3)16-5-4-6-18(8-16)34-12-21-19(24(34)35)9-17(10-22(21)25(26,27)28)20-11-29-31-15(20)2/h14-23,29-32H,4-13H2,1-3H3/t14-,15?,16?,17?,18?,19?,20?,21?,22?,23?/m1/s1. The number of hydrogen-bond acceptors (Lipinski definition) is 6. The first-order chi connectivity index (χ1) is 16.6. The zero-order chi connectivity index (χ0) is 24.9. The summed E-state index contributed by atoms with van der Waals surface area (Å²) in [7, 11) is 2.10. The lowest BCUT2D eigenvalue weighted by molar-refractivity contribution is -0.205. The minimum absolute atomic E-state index is 0.000198. The summed E-state index contributed by atoms with van der Waals surface area (Å²) in [6.45, 7) is 6.11. The predicted octanol–water partition coefficient (Wildman–Crippen LogP) is 2.67. The van der Waals surface area contributed by atoms with Crippen LogP contribution in [0.1, 0.15) is 58.8 Å². The van der Waals surface area contributed by atoms with Crippen molar-refractivity contribution in [2.75, 3.05) is 26.8 Å². The number of amides is 1. The molecule has 0 aromatic carbocycles. The summed E-state index contributed by atoms with van der Waals surface area (Å²) in [6.07, 6.45) is 1.87. The number of carbonyl (C=O) groups is 1. The number of fused-ring (bicyclic) bond motifs is 1. The minimum Gasteiger partial charge on any atom is -0.339 e. The van der Waals surface area contributed by atoms with Gasteiger partial charge in [0.05, 0.1) is 18.8 Å². The molecule has 0 aromatic rings. The third-order valence-corrected chi connectivity index (χ3v) is 10.1. The molecule has 35 heavy (non-hydrogen) atoms. The van der Waals surface area contributed by atoms with Crippen molar-refractivity contribution in [2.45, 2.75) is 83.2 Å². The number of alkyl halides is 3. The highest BCUT2D eigenvalue weighted by Gasteiger charge is 2.58. The number of nitrogens with one attached hydrogen (secondary N) is 4. The van der Waals surface area contributed by atoms with Crippen LogP contribution in [0.3, 0.4) is 0 Å². The first kappa shape index (κ1) is 25.7. The van der Waals surface area contributed by atoms with Gasteiger partial charge in [-0.2, -0.15) is 13.2 Å². The molecule has 5 aliphatic rings. The van der Waals surface area contributed by atoms with Gasteiger partial charge in [0.15, 0.2) is 0 Å². The van der Waals surface area contributed by atoms with E-state index in [-0.39, 0.29) is 36.2 Å². The fraction of sp³-hybridized carbons (Fsp3) is 0.960. The number of carbonyl (C=O) groups excluding carboxylic acids is 1. The van der Waals surface area contributed by atoms with Crippen LogP contribution in [0.2, 0.25) is 0 Å². The average Bonchev–Trinajstić information content (AvgIpc) is 3.52. The number of likely N-dealkylation sites (tertiary alicyclic amines) is 1. The number of hydrazine groups is 2. The molecule has 0 radical (unpaired) electrons. The van der Waals surface area contributed by atoms with Gasteiger partial charge in [0.2, 0.25) is 5.91 Å². The summed E-state index contributed by atoms with van der Waals surface area (Å²) in [5.41, 5.74) is 12.8. The SMILES string of the molecule is CC1NNCC1C1CC2C(=O)N(C3CCCC([C@H](C)CC4NNCN4C)C3)CC2C(C(F)(F)F)C1. The molecule has 200 valence electrons. The van der Waals surface area contributed by atoms with Gasteiger partial charge in [0, 0.05) is 31.1 Å². The predicted molar refractivity (Wildman–Crippen MR) is 127 cm³/mol. The van der Waals surface area contributed by atoms with Crippen LogP contribution >= 0.6 is 0 Å². The summed E-state index contributed by atoms with van der Waals surface area (Å²) in [5.74, 6) is -1.38. The number of hydrogen-bond donors (Lipinski definition) is 4. The Morgan fingerprint density at radius 3 is 2.54 bits per heavy atom. The zero-order valence-electron chi connectivity index (χ0n) is 21.3. The highest BCUT2D eigenvalue weighted by atomic mass is 19.4. The summed E-state index contributed by atoms with van der Waals surface area (Å²) in [5, 5.41) is 0. The van der Waals surface area contributed by atoms with Gasteiger partial charge in [-0.05, 0) is 75.7 Å². The summed E-state index contributed by atoms with van der Waals surface area (Å²) < 4.78 is 42.8. The lowest BCUT2D eigenvalue weighted by Crippen LogP contribution is -2.44. The molecule has 0 bridgehead atoms. The first-order valence-corrected chi connectivity index (χ1v) is 13.7. The van der Waals surface area contributed by atoms with Gasteiger partial charge in [-0.15, -0.1) is 0 Å². The minimum atomic E-state index is -4.25. The van der Waals surface area contributed by atoms with E-state index in [0.29, 0.717) is 37.5 Å². The fourth-order valence-electron chi connectivity index (χ4n) is 7.99. The summed E-state index contributed by atoms with van der Waals surface area (Å²) >= 11 is 0. The molecular formula is C25H43F3N6O. The van der Waals surface area contributed by atoms with E-state index in [9.17, 15) is 18.0 Å². The number of rotatable bonds is 5. The first-order valence-electron chi connectivity index (χ1n) is 13.7. The molecule has 2 saturated carbocycles. The lowest BCUT2D eigenvalue weighted by Gasteiger charge is -2.40. The molecule has 0 spiro atoms. The van der Waals surface area contributed by atoms with E-state index in [0.717, 1.165) is 38.8 Å². The van der Waals surface area contributed by atoms with Crippen LogP contribution in [0.15, 0.2) is 0 Å². The third kappa shape index (κ3) is 5.10. The van der Waals surface area contributed by atoms with E-state index < -0.39 is 23.9 Å². The molecule has 4 N–H and O–H groups in total. The van der Waals surface area contributed by atoms with Crippen molar-refractivity contribution in [3.8, 4) is 0 Å². The zero-order valence-corrected chi connectivity index (χ0v) is 21.3. The highest BCUT2D eigenvalue weighted by molar-refractivity contribution is 5.82. The molecule has 0 aromatic heterocycles. The van der Waals surface area contributed by atoms with Gasteiger partial charge < -0.3 is 4.90 Å². The van der Waals surface area contributed by atoms with Crippen LogP contribution in [0.5, 0.6) is 0 Å². The van der Waals surface area contributed by atoms with E-state index in [1.165, 1.54) is 0 Å². The second kappa shape index (κ2) is 10.1. The maximum Gasteiger partial charge on any atom is 0.392 e. The van der Waals surface area contributed by atoms with Crippen LogP contribution in [0, 0.1) is 41.4 Å². The average molecular weight is 501 g/mol. The Morgan fingerprint density at radius 2 is 1.89 bits per heavy atom. The van der Waals surface area contributed by atoms with Gasteiger partial charge in [-0.1, -0.05) is 19.8 Å². The van der Waals surface area contributed by atoms with Gasteiger partial charge >= 0.3 is 6.18 Å². The molecule has 10 atom stereocenters. The molecular weight excluding hydrogens is 457 g/mol. The molecule has 5 fully saturated rings. The van der Waals surface area contributed by atoms with Crippen molar-refractivity contribution in [1.29, 1.82) is 0 Å². The van der Waals surface area contributed by atoms with E-state index in [1.54, 1.807) is 0 Å². The number of halogens is 3. The largest absolute Gasteiger partial charge is 0.392 e. The normalized spacial score (nSPS) is 44.1. The highest BCUT2D eigenvalue weighted by Crippen LogP contribution is 2.53. The maximum absolute atomic E-state index is 14.3. The summed E-state index contributed by atoms with van der Waals surface area (Å²) in [6, 6.07) is 0.213. The quantitative estimate of drug-likeness (QED) is 0.465. The van der Waals surface area contributed by atoms with Gasteiger partial charge in [0.25, 0.3) is 0 Å². The van der Waals surface area contributed by atoms with Gasteiger partial charge in [-0.25, -0.2) is 10.9 Å². The molecule has 5 rings (SSSR count). The Bertz CT molecular complexity index is 768. The van der Waals surface area contributed by atoms with Crippen LogP contribution < -0.4 is 21.7 Å². The molecule has 1 amide bonds. The van der Waals surface area contributed by atoms with Crippen molar-refractivity contribution in [1.82, 2.24) is 31.5 Å². The topological polar surface area (TPSA) is 71.7 Å². The monoisotopic (exact) mass is 500 g/mol.